The molecule has 0 fully saturated rings. The molecule has 0 unspecified atom stereocenters. The molecule has 3 aromatic rings. The molecule has 1 amide bonds. The van der Waals surface area contributed by atoms with Crippen molar-refractivity contribution < 1.29 is 9.90 Å². The molecule has 0 saturated heterocycles. The number of H-pyrrole nitrogens is 1. The van der Waals surface area contributed by atoms with E-state index in [1.54, 1.807) is 12.1 Å². The van der Waals surface area contributed by atoms with Gasteiger partial charge in [0.05, 0.1) is 6.04 Å². The molecule has 0 spiro atoms. The fourth-order valence-electron chi connectivity index (χ4n) is 2.41. The number of nitrogens with two attached hydrogens (primary N) is 1. The number of anilines is 1. The van der Waals surface area contributed by atoms with Gasteiger partial charge in [0, 0.05) is 22.8 Å². The van der Waals surface area contributed by atoms with Crippen LogP contribution >= 0.6 is 0 Å². The van der Waals surface area contributed by atoms with Gasteiger partial charge in [-0.3, -0.25) is 4.79 Å². The summed E-state index contributed by atoms with van der Waals surface area (Å²) in [5.41, 5.74) is 8.66. The predicted molar refractivity (Wildman–Crippen MR) is 86.7 cm³/mol. The average molecular weight is 295 g/mol. The quantitative estimate of drug-likeness (QED) is 0.557. The SMILES string of the molecule is N[C@@H](Cc1c[nH]c2ccccc12)C(=O)Nc1ccc(O)cc1. The molecule has 1 heterocycles. The number of carbonyl (C=O) groups excluding carboxylic acids is 1. The third-order valence-electron chi connectivity index (χ3n) is 3.59. The van der Waals surface area contributed by atoms with Gasteiger partial charge in [0.1, 0.15) is 5.75 Å². The van der Waals surface area contributed by atoms with Gasteiger partial charge in [-0.2, -0.15) is 0 Å². The summed E-state index contributed by atoms with van der Waals surface area (Å²) in [7, 11) is 0. The van der Waals surface area contributed by atoms with Gasteiger partial charge in [-0.05, 0) is 42.3 Å². The molecule has 0 bridgehead atoms. The first kappa shape index (κ1) is 14.2. The number of rotatable bonds is 4. The molecule has 22 heavy (non-hydrogen) atoms. The summed E-state index contributed by atoms with van der Waals surface area (Å²) in [4.78, 5) is 15.3. The number of aromatic nitrogens is 1. The van der Waals surface area contributed by atoms with Crippen molar-refractivity contribution in [1.82, 2.24) is 4.98 Å². The number of carbonyl (C=O) groups is 1. The number of fused-ring (bicyclic) bond motifs is 1. The Morgan fingerprint density at radius 2 is 1.91 bits per heavy atom. The molecule has 112 valence electrons. The van der Waals surface area contributed by atoms with Gasteiger partial charge in [0.15, 0.2) is 0 Å². The van der Waals surface area contributed by atoms with Crippen LogP contribution in [0, 0.1) is 0 Å². The number of para-hydroxylation sites is 1. The normalized spacial score (nSPS) is 12.2. The van der Waals surface area contributed by atoms with Crippen LogP contribution in [0.15, 0.2) is 54.7 Å². The van der Waals surface area contributed by atoms with Crippen molar-refractivity contribution in [2.45, 2.75) is 12.5 Å². The highest BCUT2D eigenvalue weighted by atomic mass is 16.3. The molecule has 0 aliphatic rings. The zero-order valence-corrected chi connectivity index (χ0v) is 11.9. The Bertz CT molecular complexity index is 793. The van der Waals surface area contributed by atoms with Crippen LogP contribution < -0.4 is 11.1 Å². The number of amides is 1. The van der Waals surface area contributed by atoms with Crippen molar-refractivity contribution in [3.63, 3.8) is 0 Å². The lowest BCUT2D eigenvalue weighted by atomic mass is 10.0. The average Bonchev–Trinajstić information content (AvgIpc) is 2.93. The molecule has 2 aromatic carbocycles. The molecular weight excluding hydrogens is 278 g/mol. The Labute approximate surface area is 127 Å². The van der Waals surface area contributed by atoms with E-state index < -0.39 is 6.04 Å². The van der Waals surface area contributed by atoms with Crippen LogP contribution in [0.4, 0.5) is 5.69 Å². The van der Waals surface area contributed by atoms with Crippen molar-refractivity contribution in [2.24, 2.45) is 5.73 Å². The van der Waals surface area contributed by atoms with Crippen molar-refractivity contribution in [3.8, 4) is 5.75 Å². The smallest absolute Gasteiger partial charge is 0.241 e. The number of nitrogens with one attached hydrogen (secondary N) is 2. The summed E-state index contributed by atoms with van der Waals surface area (Å²) in [5.74, 6) is -0.0999. The summed E-state index contributed by atoms with van der Waals surface area (Å²) in [6.45, 7) is 0. The van der Waals surface area contributed by atoms with E-state index in [1.807, 2.05) is 30.5 Å². The van der Waals surface area contributed by atoms with Gasteiger partial charge in [0.25, 0.3) is 0 Å². The highest BCUT2D eigenvalue weighted by Gasteiger charge is 2.16. The molecule has 3 rings (SSSR count). The van der Waals surface area contributed by atoms with E-state index in [2.05, 4.69) is 10.3 Å². The summed E-state index contributed by atoms with van der Waals surface area (Å²) in [6, 6.07) is 13.6. The highest BCUT2D eigenvalue weighted by molar-refractivity contribution is 5.95. The number of hydrogen-bond donors (Lipinski definition) is 4. The molecule has 5 N–H and O–H groups in total. The zero-order valence-electron chi connectivity index (χ0n) is 11.9. The fourth-order valence-corrected chi connectivity index (χ4v) is 2.41. The van der Waals surface area contributed by atoms with Crippen LogP contribution in [0.3, 0.4) is 0 Å². The van der Waals surface area contributed by atoms with E-state index in [0.29, 0.717) is 12.1 Å². The maximum absolute atomic E-state index is 12.2. The monoisotopic (exact) mass is 295 g/mol. The highest BCUT2D eigenvalue weighted by Crippen LogP contribution is 2.19. The van der Waals surface area contributed by atoms with Gasteiger partial charge in [0.2, 0.25) is 5.91 Å². The minimum atomic E-state index is -0.645. The summed E-state index contributed by atoms with van der Waals surface area (Å²) in [6.07, 6.45) is 2.34. The minimum absolute atomic E-state index is 0.154. The van der Waals surface area contributed by atoms with E-state index in [4.69, 9.17) is 5.73 Å². The van der Waals surface area contributed by atoms with Crippen LogP contribution in [0.2, 0.25) is 0 Å². The number of phenolic OH excluding ortho intramolecular Hbond substituents is 1. The lowest BCUT2D eigenvalue weighted by Crippen LogP contribution is -2.37. The summed E-state index contributed by atoms with van der Waals surface area (Å²) < 4.78 is 0. The second-order valence-electron chi connectivity index (χ2n) is 5.21. The van der Waals surface area contributed by atoms with Gasteiger partial charge >= 0.3 is 0 Å². The third-order valence-corrected chi connectivity index (χ3v) is 3.59. The zero-order chi connectivity index (χ0) is 15.5. The molecule has 0 radical (unpaired) electrons. The Kier molecular flexibility index (Phi) is 3.80. The van der Waals surface area contributed by atoms with Crippen molar-refractivity contribution in [1.29, 1.82) is 0 Å². The molecule has 5 nitrogen and oxygen atoms in total. The second-order valence-corrected chi connectivity index (χ2v) is 5.21. The third kappa shape index (κ3) is 2.94. The maximum Gasteiger partial charge on any atom is 0.241 e. The van der Waals surface area contributed by atoms with Crippen LogP contribution in [0.5, 0.6) is 5.75 Å². The molecule has 0 saturated carbocycles. The van der Waals surface area contributed by atoms with Gasteiger partial charge < -0.3 is 21.1 Å². The largest absolute Gasteiger partial charge is 0.508 e. The van der Waals surface area contributed by atoms with Crippen molar-refractivity contribution in [2.75, 3.05) is 5.32 Å². The molecule has 0 aliphatic heterocycles. The van der Waals surface area contributed by atoms with E-state index in [-0.39, 0.29) is 11.7 Å². The first-order valence-electron chi connectivity index (χ1n) is 7.04. The molecular formula is C17H17N3O2. The van der Waals surface area contributed by atoms with E-state index in [9.17, 15) is 9.90 Å². The first-order chi connectivity index (χ1) is 10.6. The summed E-state index contributed by atoms with van der Waals surface area (Å²) in [5, 5.41) is 13.1. The van der Waals surface area contributed by atoms with E-state index in [1.165, 1.54) is 12.1 Å². The van der Waals surface area contributed by atoms with Gasteiger partial charge in [-0.1, -0.05) is 18.2 Å². The van der Waals surface area contributed by atoms with Crippen LogP contribution in [-0.4, -0.2) is 22.0 Å². The Morgan fingerprint density at radius 3 is 2.68 bits per heavy atom. The predicted octanol–water partition coefficient (Wildman–Crippen LogP) is 2.38. The van der Waals surface area contributed by atoms with Crippen LogP contribution in [0.25, 0.3) is 10.9 Å². The number of aromatic hydroxyl groups is 1. The van der Waals surface area contributed by atoms with Crippen LogP contribution in [-0.2, 0) is 11.2 Å². The standard InChI is InChI=1S/C17H17N3O2/c18-15(17(22)20-12-5-7-13(21)8-6-12)9-11-10-19-16-4-2-1-3-14(11)16/h1-8,10,15,19,21H,9,18H2,(H,20,22)/t15-/m0/s1. The molecule has 0 aliphatic carbocycles. The minimum Gasteiger partial charge on any atom is -0.508 e. The summed E-state index contributed by atoms with van der Waals surface area (Å²) >= 11 is 0. The molecule has 5 heteroatoms. The maximum atomic E-state index is 12.2. The number of benzene rings is 2. The lowest BCUT2D eigenvalue weighted by molar-refractivity contribution is -0.117. The van der Waals surface area contributed by atoms with Crippen molar-refractivity contribution >= 4 is 22.5 Å². The van der Waals surface area contributed by atoms with Crippen molar-refractivity contribution in [3.05, 3.63) is 60.3 Å². The van der Waals surface area contributed by atoms with Gasteiger partial charge in [-0.15, -0.1) is 0 Å². The number of phenols is 1. The first-order valence-corrected chi connectivity index (χ1v) is 7.04. The van der Waals surface area contributed by atoms with E-state index >= 15 is 0 Å². The number of hydrogen-bond acceptors (Lipinski definition) is 3. The van der Waals surface area contributed by atoms with Crippen LogP contribution in [0.1, 0.15) is 5.56 Å². The molecule has 1 aromatic heterocycles. The second kappa shape index (κ2) is 5.91. The van der Waals surface area contributed by atoms with Gasteiger partial charge in [-0.25, -0.2) is 0 Å². The lowest BCUT2D eigenvalue weighted by Gasteiger charge is -2.12. The number of aromatic amines is 1. The van der Waals surface area contributed by atoms with E-state index in [0.717, 1.165) is 16.5 Å². The topological polar surface area (TPSA) is 91.1 Å². The Hall–Kier alpha value is -2.79. The Morgan fingerprint density at radius 1 is 1.18 bits per heavy atom. The Balaban J connectivity index is 1.69. The molecule has 1 atom stereocenters. The fraction of sp³-hybridized carbons (Fsp3) is 0.118.